The van der Waals surface area contributed by atoms with Gasteiger partial charge in [-0.1, -0.05) is 6.92 Å². The Labute approximate surface area is 119 Å². The lowest BCUT2D eigenvalue weighted by molar-refractivity contribution is -0.00166. The number of piperidine rings is 1. The molecule has 5 nitrogen and oxygen atoms in total. The van der Waals surface area contributed by atoms with E-state index in [-0.39, 0.29) is 17.8 Å². The first kappa shape index (κ1) is 14.7. The molecule has 1 aromatic carbocycles. The Kier molecular flexibility index (Phi) is 4.49. The van der Waals surface area contributed by atoms with E-state index in [0.717, 1.165) is 6.42 Å². The minimum absolute atomic E-state index is 0.0492. The van der Waals surface area contributed by atoms with Crippen molar-refractivity contribution in [1.82, 2.24) is 4.90 Å². The van der Waals surface area contributed by atoms with Gasteiger partial charge in [0.05, 0.1) is 18.8 Å². The van der Waals surface area contributed by atoms with Crippen molar-refractivity contribution in [2.24, 2.45) is 5.92 Å². The predicted molar refractivity (Wildman–Crippen MR) is 75.1 cm³/mol. The number of amides is 1. The van der Waals surface area contributed by atoms with Gasteiger partial charge in [-0.2, -0.15) is 0 Å². The number of aromatic hydroxyl groups is 1. The monoisotopic (exact) mass is 279 g/mol. The second-order valence-corrected chi connectivity index (χ2v) is 5.17. The highest BCUT2D eigenvalue weighted by atomic mass is 16.5. The molecular weight excluding hydrogens is 258 g/mol. The highest BCUT2D eigenvalue weighted by Gasteiger charge is 2.30. The Morgan fingerprint density at radius 3 is 2.75 bits per heavy atom. The second-order valence-electron chi connectivity index (χ2n) is 5.17. The zero-order chi connectivity index (χ0) is 14.7. The van der Waals surface area contributed by atoms with Crippen LogP contribution in [-0.4, -0.2) is 49.3 Å². The van der Waals surface area contributed by atoms with Crippen LogP contribution in [0.2, 0.25) is 0 Å². The molecule has 110 valence electrons. The van der Waals surface area contributed by atoms with Crippen LogP contribution in [0.15, 0.2) is 18.2 Å². The number of hydrogen-bond acceptors (Lipinski definition) is 4. The second kappa shape index (κ2) is 6.13. The van der Waals surface area contributed by atoms with Gasteiger partial charge in [-0.15, -0.1) is 0 Å². The van der Waals surface area contributed by atoms with Crippen LogP contribution in [0.1, 0.15) is 23.7 Å². The van der Waals surface area contributed by atoms with Crippen LogP contribution in [0.25, 0.3) is 0 Å². The highest BCUT2D eigenvalue weighted by molar-refractivity contribution is 5.97. The number of phenols is 1. The zero-order valence-corrected chi connectivity index (χ0v) is 12.1. The minimum Gasteiger partial charge on any atom is -0.507 e. The average Bonchev–Trinajstić information content (AvgIpc) is 2.47. The van der Waals surface area contributed by atoms with Gasteiger partial charge >= 0.3 is 0 Å². The maximum atomic E-state index is 12.5. The van der Waals surface area contributed by atoms with Crippen LogP contribution in [0.3, 0.4) is 0 Å². The molecule has 1 amide bonds. The fourth-order valence-electron chi connectivity index (χ4n) is 2.51. The number of likely N-dealkylation sites (tertiary alicyclic amines) is 1. The van der Waals surface area contributed by atoms with Gasteiger partial charge in [0, 0.05) is 26.3 Å². The quantitative estimate of drug-likeness (QED) is 0.918. The summed E-state index contributed by atoms with van der Waals surface area (Å²) in [5, 5.41) is 9.94. The van der Waals surface area contributed by atoms with Crippen molar-refractivity contribution >= 4 is 5.91 Å². The third-order valence-electron chi connectivity index (χ3n) is 3.91. The van der Waals surface area contributed by atoms with E-state index in [1.54, 1.807) is 24.1 Å². The Morgan fingerprint density at radius 2 is 2.15 bits per heavy atom. The van der Waals surface area contributed by atoms with Crippen LogP contribution in [-0.2, 0) is 4.74 Å². The van der Waals surface area contributed by atoms with Crippen molar-refractivity contribution in [2.45, 2.75) is 19.4 Å². The van der Waals surface area contributed by atoms with Crippen molar-refractivity contribution in [1.29, 1.82) is 0 Å². The summed E-state index contributed by atoms with van der Waals surface area (Å²) in [6, 6.07) is 4.72. The Hall–Kier alpha value is -1.75. The lowest BCUT2D eigenvalue weighted by Gasteiger charge is -2.36. The number of benzene rings is 1. The van der Waals surface area contributed by atoms with Crippen LogP contribution in [0, 0.1) is 5.92 Å². The number of hydrogen-bond donors (Lipinski definition) is 1. The molecule has 1 aliphatic rings. The molecule has 2 unspecified atom stereocenters. The van der Waals surface area contributed by atoms with E-state index in [1.165, 1.54) is 13.2 Å². The van der Waals surface area contributed by atoms with Crippen LogP contribution < -0.4 is 4.74 Å². The van der Waals surface area contributed by atoms with E-state index in [4.69, 9.17) is 9.47 Å². The number of rotatable bonds is 3. The fraction of sp³-hybridized carbons (Fsp3) is 0.533. The highest BCUT2D eigenvalue weighted by Crippen LogP contribution is 2.27. The molecule has 0 aromatic heterocycles. The molecule has 2 rings (SSSR count). The normalized spacial score (nSPS) is 22.6. The summed E-state index contributed by atoms with van der Waals surface area (Å²) in [6.45, 7) is 3.37. The first-order valence-corrected chi connectivity index (χ1v) is 6.76. The summed E-state index contributed by atoms with van der Waals surface area (Å²) in [6.07, 6.45) is 0.953. The van der Waals surface area contributed by atoms with Gasteiger partial charge in [0.15, 0.2) is 0 Å². The number of methoxy groups -OCH3 is 2. The van der Waals surface area contributed by atoms with Crippen LogP contribution in [0.5, 0.6) is 11.5 Å². The third kappa shape index (κ3) is 2.88. The lowest BCUT2D eigenvalue weighted by atomic mass is 9.95. The van der Waals surface area contributed by atoms with E-state index >= 15 is 0 Å². The first-order valence-electron chi connectivity index (χ1n) is 6.76. The molecule has 1 fully saturated rings. The average molecular weight is 279 g/mol. The number of nitrogens with zero attached hydrogens (tertiary/aromatic N) is 1. The lowest BCUT2D eigenvalue weighted by Crippen LogP contribution is -2.46. The summed E-state index contributed by atoms with van der Waals surface area (Å²) >= 11 is 0. The Balaban J connectivity index is 2.15. The van der Waals surface area contributed by atoms with Crippen molar-refractivity contribution in [2.75, 3.05) is 27.3 Å². The molecule has 1 aromatic rings. The van der Waals surface area contributed by atoms with Crippen molar-refractivity contribution in [3.8, 4) is 11.5 Å². The maximum Gasteiger partial charge on any atom is 0.257 e. The molecule has 0 saturated carbocycles. The van der Waals surface area contributed by atoms with Gasteiger partial charge in [0.2, 0.25) is 0 Å². The maximum absolute atomic E-state index is 12.5. The number of ether oxygens (including phenoxy) is 2. The van der Waals surface area contributed by atoms with Gasteiger partial charge in [0.25, 0.3) is 5.91 Å². The smallest absolute Gasteiger partial charge is 0.257 e. The van der Waals surface area contributed by atoms with Gasteiger partial charge in [0.1, 0.15) is 11.5 Å². The largest absolute Gasteiger partial charge is 0.507 e. The first-order chi connectivity index (χ1) is 9.56. The van der Waals surface area contributed by atoms with Gasteiger partial charge in [-0.05, 0) is 24.5 Å². The Bertz CT molecular complexity index is 489. The van der Waals surface area contributed by atoms with Gasteiger partial charge < -0.3 is 19.5 Å². The van der Waals surface area contributed by atoms with E-state index in [2.05, 4.69) is 6.92 Å². The molecule has 0 aliphatic carbocycles. The standard InChI is InChI=1S/C15H21NO4/c1-10-6-7-16(9-14(10)20-3)15(18)12-5-4-11(19-2)8-13(12)17/h4-5,8,10,14,17H,6-7,9H2,1-3H3. The topological polar surface area (TPSA) is 59.0 Å². The molecule has 20 heavy (non-hydrogen) atoms. The van der Waals surface area contributed by atoms with Crippen molar-refractivity contribution < 1.29 is 19.4 Å². The van der Waals surface area contributed by atoms with Crippen LogP contribution in [0.4, 0.5) is 0 Å². The zero-order valence-electron chi connectivity index (χ0n) is 12.1. The van der Waals surface area contributed by atoms with E-state index in [9.17, 15) is 9.90 Å². The summed E-state index contributed by atoms with van der Waals surface area (Å²) < 4.78 is 10.4. The minimum atomic E-state index is -0.167. The number of carbonyl (C=O) groups is 1. The fourth-order valence-corrected chi connectivity index (χ4v) is 2.51. The molecule has 5 heteroatoms. The van der Waals surface area contributed by atoms with Crippen molar-refractivity contribution in [3.05, 3.63) is 23.8 Å². The van der Waals surface area contributed by atoms with Crippen molar-refractivity contribution in [3.63, 3.8) is 0 Å². The molecule has 0 spiro atoms. The van der Waals surface area contributed by atoms with Gasteiger partial charge in [-0.25, -0.2) is 0 Å². The SMILES string of the molecule is COc1ccc(C(=O)N2CCC(C)C(OC)C2)c(O)c1. The Morgan fingerprint density at radius 1 is 1.40 bits per heavy atom. The summed E-state index contributed by atoms with van der Waals surface area (Å²) in [7, 11) is 3.19. The molecular formula is C15H21NO4. The molecule has 0 bridgehead atoms. The molecule has 1 aliphatic heterocycles. The van der Waals surface area contributed by atoms with E-state index in [0.29, 0.717) is 30.3 Å². The predicted octanol–water partition coefficient (Wildman–Crippen LogP) is 1.90. The van der Waals surface area contributed by atoms with E-state index < -0.39 is 0 Å². The summed E-state index contributed by atoms with van der Waals surface area (Å²) in [5.41, 5.74) is 0.301. The van der Waals surface area contributed by atoms with E-state index in [1.807, 2.05) is 0 Å². The molecule has 1 N–H and O–H groups in total. The van der Waals surface area contributed by atoms with Gasteiger partial charge in [-0.3, -0.25) is 4.79 Å². The summed E-state index contributed by atoms with van der Waals surface area (Å²) in [4.78, 5) is 14.2. The number of carbonyl (C=O) groups excluding carboxylic acids is 1. The molecule has 0 radical (unpaired) electrons. The molecule has 1 saturated heterocycles. The number of phenolic OH excluding ortho intramolecular Hbond substituents is 1. The molecule has 1 heterocycles. The molecule has 2 atom stereocenters. The third-order valence-corrected chi connectivity index (χ3v) is 3.91. The van der Waals surface area contributed by atoms with Crippen LogP contribution >= 0.6 is 0 Å². The summed E-state index contributed by atoms with van der Waals surface area (Å²) in [5.74, 6) is 0.746.